The molecule has 0 spiro atoms. The van der Waals surface area contributed by atoms with Crippen molar-refractivity contribution in [1.82, 2.24) is 0 Å². The number of rotatable bonds is 2. The van der Waals surface area contributed by atoms with E-state index in [9.17, 15) is 5.11 Å². The fourth-order valence-corrected chi connectivity index (χ4v) is 0.691. The number of nitriles is 1. The van der Waals surface area contributed by atoms with Gasteiger partial charge in [-0.15, -0.1) is 0 Å². The fourth-order valence-electron chi connectivity index (χ4n) is 0.691. The van der Waals surface area contributed by atoms with Crippen molar-refractivity contribution >= 4 is 0 Å². The molecule has 0 radical (unpaired) electrons. The van der Waals surface area contributed by atoms with Crippen LogP contribution in [0, 0.1) is 11.3 Å². The van der Waals surface area contributed by atoms with Crippen molar-refractivity contribution < 1.29 is 14.6 Å². The highest BCUT2D eigenvalue weighted by Crippen LogP contribution is 2.19. The summed E-state index contributed by atoms with van der Waals surface area (Å²) in [6.45, 7) is -0.636. The third-order valence-corrected chi connectivity index (χ3v) is 1.41. The average Bonchev–Trinajstić information content (AvgIpc) is 2.55. The molecule has 0 aliphatic heterocycles. The van der Waals surface area contributed by atoms with Crippen LogP contribution in [-0.4, -0.2) is 16.8 Å². The molecule has 1 aromatic heterocycles. The van der Waals surface area contributed by atoms with Crippen LogP contribution in [0.3, 0.4) is 0 Å². The zero-order valence-corrected chi connectivity index (χ0v) is 5.69. The second-order valence-corrected chi connectivity index (χ2v) is 2.14. The Morgan fingerprint density at radius 1 is 1.73 bits per heavy atom. The molecule has 1 aromatic rings. The number of furan rings is 1. The SMILES string of the molecule is N#CC(O)(CO)c1ccoc1. The Balaban J connectivity index is 2.99. The van der Waals surface area contributed by atoms with Crippen LogP contribution in [0.4, 0.5) is 0 Å². The van der Waals surface area contributed by atoms with Gasteiger partial charge in [0.25, 0.3) is 0 Å². The molecule has 2 N–H and O–H groups in total. The van der Waals surface area contributed by atoms with Crippen LogP contribution in [-0.2, 0) is 5.60 Å². The predicted molar refractivity (Wildman–Crippen MR) is 35.3 cm³/mol. The third kappa shape index (κ3) is 1.24. The Morgan fingerprint density at radius 2 is 2.45 bits per heavy atom. The first-order valence-corrected chi connectivity index (χ1v) is 3.00. The summed E-state index contributed by atoms with van der Waals surface area (Å²) >= 11 is 0. The second kappa shape index (κ2) is 2.74. The molecule has 1 heterocycles. The molecule has 58 valence electrons. The van der Waals surface area contributed by atoms with Crippen molar-refractivity contribution in [3.05, 3.63) is 24.2 Å². The van der Waals surface area contributed by atoms with Gasteiger partial charge in [0.1, 0.15) is 6.07 Å². The van der Waals surface area contributed by atoms with Gasteiger partial charge in [0.15, 0.2) is 0 Å². The maximum Gasteiger partial charge on any atom is 0.203 e. The Bertz CT molecular complexity index is 262. The van der Waals surface area contributed by atoms with Gasteiger partial charge < -0.3 is 14.6 Å². The number of aliphatic hydroxyl groups excluding tert-OH is 1. The Labute approximate surface area is 63.3 Å². The Hall–Kier alpha value is -1.31. The van der Waals surface area contributed by atoms with E-state index in [1.807, 2.05) is 0 Å². The summed E-state index contributed by atoms with van der Waals surface area (Å²) in [5, 5.41) is 26.4. The minimum Gasteiger partial charge on any atom is -0.472 e. The molecule has 0 aliphatic carbocycles. The Kier molecular flexibility index (Phi) is 1.94. The van der Waals surface area contributed by atoms with Gasteiger partial charge in [0.05, 0.1) is 19.1 Å². The summed E-state index contributed by atoms with van der Waals surface area (Å²) in [5.74, 6) is 0. The van der Waals surface area contributed by atoms with Crippen LogP contribution in [0.2, 0.25) is 0 Å². The van der Waals surface area contributed by atoms with E-state index >= 15 is 0 Å². The Morgan fingerprint density at radius 3 is 2.82 bits per heavy atom. The molecule has 4 heteroatoms. The molecular formula is C7H7NO3. The monoisotopic (exact) mass is 153 g/mol. The van der Waals surface area contributed by atoms with Crippen LogP contribution in [0.25, 0.3) is 0 Å². The topological polar surface area (TPSA) is 77.4 Å². The third-order valence-electron chi connectivity index (χ3n) is 1.41. The van der Waals surface area contributed by atoms with Gasteiger partial charge in [0.2, 0.25) is 5.60 Å². The molecule has 0 aliphatic rings. The maximum absolute atomic E-state index is 9.32. The zero-order valence-electron chi connectivity index (χ0n) is 5.69. The van der Waals surface area contributed by atoms with E-state index in [0.717, 1.165) is 0 Å². The molecule has 0 aromatic carbocycles. The van der Waals surface area contributed by atoms with E-state index in [4.69, 9.17) is 10.4 Å². The van der Waals surface area contributed by atoms with Gasteiger partial charge in [-0.05, 0) is 6.07 Å². The molecular weight excluding hydrogens is 146 g/mol. The lowest BCUT2D eigenvalue weighted by Gasteiger charge is -2.13. The molecule has 0 saturated carbocycles. The summed E-state index contributed by atoms with van der Waals surface area (Å²) in [7, 11) is 0. The van der Waals surface area contributed by atoms with Crippen LogP contribution >= 0.6 is 0 Å². The molecule has 0 saturated heterocycles. The van der Waals surface area contributed by atoms with Gasteiger partial charge in [0, 0.05) is 5.56 Å². The number of nitrogens with zero attached hydrogens (tertiary/aromatic N) is 1. The zero-order chi connectivity index (χ0) is 8.32. The fraction of sp³-hybridized carbons (Fsp3) is 0.286. The summed E-state index contributed by atoms with van der Waals surface area (Å²) in [6.07, 6.45) is 2.55. The van der Waals surface area contributed by atoms with Crippen molar-refractivity contribution in [3.8, 4) is 6.07 Å². The smallest absolute Gasteiger partial charge is 0.203 e. The first kappa shape index (κ1) is 7.79. The maximum atomic E-state index is 9.32. The lowest BCUT2D eigenvalue weighted by Crippen LogP contribution is -2.27. The molecule has 1 unspecified atom stereocenters. The molecule has 11 heavy (non-hydrogen) atoms. The second-order valence-electron chi connectivity index (χ2n) is 2.14. The van der Waals surface area contributed by atoms with Crippen LogP contribution in [0.1, 0.15) is 5.56 Å². The van der Waals surface area contributed by atoms with E-state index < -0.39 is 12.2 Å². The quantitative estimate of drug-likeness (QED) is 0.585. The lowest BCUT2D eigenvalue weighted by molar-refractivity contribution is 0.0306. The molecule has 1 atom stereocenters. The summed E-state index contributed by atoms with van der Waals surface area (Å²) in [4.78, 5) is 0. The minimum atomic E-state index is -1.83. The van der Waals surface area contributed by atoms with E-state index in [2.05, 4.69) is 4.42 Å². The van der Waals surface area contributed by atoms with E-state index in [1.54, 1.807) is 6.07 Å². The largest absolute Gasteiger partial charge is 0.472 e. The standard InChI is InChI=1S/C7H7NO3/c8-4-7(10,5-9)6-1-2-11-3-6/h1-3,9-10H,5H2. The summed E-state index contributed by atoms with van der Waals surface area (Å²) in [6, 6.07) is 3.01. The number of aliphatic hydroxyl groups is 2. The average molecular weight is 153 g/mol. The molecule has 0 fully saturated rings. The first-order valence-electron chi connectivity index (χ1n) is 3.00. The van der Waals surface area contributed by atoms with Gasteiger partial charge in [-0.1, -0.05) is 0 Å². The molecule has 0 bridgehead atoms. The van der Waals surface area contributed by atoms with Crippen molar-refractivity contribution in [3.63, 3.8) is 0 Å². The van der Waals surface area contributed by atoms with Crippen molar-refractivity contribution in [2.75, 3.05) is 6.61 Å². The highest BCUT2D eigenvalue weighted by atomic mass is 16.3. The van der Waals surface area contributed by atoms with Crippen LogP contribution in [0.5, 0.6) is 0 Å². The minimum absolute atomic E-state index is 0.266. The normalized spacial score (nSPS) is 15.4. The van der Waals surface area contributed by atoms with Crippen molar-refractivity contribution in [2.45, 2.75) is 5.60 Å². The van der Waals surface area contributed by atoms with Gasteiger partial charge >= 0.3 is 0 Å². The predicted octanol–water partition coefficient (Wildman–Crippen LogP) is -0.0169. The van der Waals surface area contributed by atoms with E-state index in [-0.39, 0.29) is 5.56 Å². The highest BCUT2D eigenvalue weighted by molar-refractivity contribution is 5.24. The molecule has 1 rings (SSSR count). The van der Waals surface area contributed by atoms with E-state index in [1.165, 1.54) is 18.6 Å². The highest BCUT2D eigenvalue weighted by Gasteiger charge is 2.29. The molecule has 0 amide bonds. The van der Waals surface area contributed by atoms with Crippen LogP contribution < -0.4 is 0 Å². The van der Waals surface area contributed by atoms with Crippen molar-refractivity contribution in [1.29, 1.82) is 5.26 Å². The molecule has 4 nitrogen and oxygen atoms in total. The van der Waals surface area contributed by atoms with Gasteiger partial charge in [-0.25, -0.2) is 0 Å². The summed E-state index contributed by atoms with van der Waals surface area (Å²) in [5.41, 5.74) is -1.56. The first-order chi connectivity index (χ1) is 5.23. The number of hydrogen-bond donors (Lipinski definition) is 2. The van der Waals surface area contributed by atoms with Crippen molar-refractivity contribution in [2.24, 2.45) is 0 Å². The summed E-state index contributed by atoms with van der Waals surface area (Å²) < 4.78 is 4.64. The van der Waals surface area contributed by atoms with Crippen LogP contribution in [0.15, 0.2) is 23.0 Å². The number of hydrogen-bond acceptors (Lipinski definition) is 4. The van der Waals surface area contributed by atoms with E-state index in [0.29, 0.717) is 0 Å². The lowest BCUT2D eigenvalue weighted by atomic mass is 10.0. The van der Waals surface area contributed by atoms with Gasteiger partial charge in [-0.3, -0.25) is 0 Å². The van der Waals surface area contributed by atoms with Gasteiger partial charge in [-0.2, -0.15) is 5.26 Å².